The van der Waals surface area contributed by atoms with E-state index in [-0.39, 0.29) is 5.56 Å². The number of thiazole rings is 1. The van der Waals surface area contributed by atoms with E-state index in [0.717, 1.165) is 27.3 Å². The molecule has 2 aromatic heterocycles. The molecule has 0 fully saturated rings. The number of fused-ring (bicyclic) bond motifs is 3. The predicted molar refractivity (Wildman–Crippen MR) is 86.1 cm³/mol. The topological polar surface area (TPSA) is 34.4 Å². The lowest BCUT2D eigenvalue weighted by Crippen LogP contribution is -2.11. The summed E-state index contributed by atoms with van der Waals surface area (Å²) in [7, 11) is 0. The van der Waals surface area contributed by atoms with Gasteiger partial charge in [0.2, 0.25) is 0 Å². The fourth-order valence-electron chi connectivity index (χ4n) is 2.59. The van der Waals surface area contributed by atoms with Crippen LogP contribution in [0, 0.1) is 0 Å². The Morgan fingerprint density at radius 1 is 1.00 bits per heavy atom. The average Bonchev–Trinajstić information content (AvgIpc) is 2.86. The number of aromatic nitrogens is 2. The molecule has 4 aromatic rings. The quantitative estimate of drug-likeness (QED) is 0.566. The first-order chi connectivity index (χ1) is 10.3. The summed E-state index contributed by atoms with van der Waals surface area (Å²) in [5.41, 5.74) is 3.10. The molecule has 0 amide bonds. The van der Waals surface area contributed by atoms with Gasteiger partial charge in [-0.3, -0.25) is 9.20 Å². The van der Waals surface area contributed by atoms with Gasteiger partial charge < -0.3 is 0 Å². The van der Waals surface area contributed by atoms with Crippen molar-refractivity contribution in [2.45, 2.75) is 6.42 Å². The highest BCUT2D eigenvalue weighted by Gasteiger charge is 2.10. The highest BCUT2D eigenvalue weighted by Crippen LogP contribution is 2.26. The summed E-state index contributed by atoms with van der Waals surface area (Å²) in [6.45, 7) is 0. The second-order valence-electron chi connectivity index (χ2n) is 4.94. The summed E-state index contributed by atoms with van der Waals surface area (Å²) in [4.78, 5) is 16.8. The molecule has 102 valence electrons. The van der Waals surface area contributed by atoms with E-state index in [4.69, 9.17) is 0 Å². The van der Waals surface area contributed by atoms with E-state index < -0.39 is 0 Å². The first kappa shape index (κ1) is 12.3. The van der Waals surface area contributed by atoms with Gasteiger partial charge in [0.1, 0.15) is 0 Å². The molecule has 4 heteroatoms. The van der Waals surface area contributed by atoms with E-state index in [1.165, 1.54) is 5.56 Å². The summed E-state index contributed by atoms with van der Waals surface area (Å²) in [5, 5.41) is 0. The molecule has 0 spiro atoms. The monoisotopic (exact) mass is 292 g/mol. The van der Waals surface area contributed by atoms with Crippen molar-refractivity contribution < 1.29 is 0 Å². The third-order valence-corrected chi connectivity index (χ3v) is 4.53. The molecule has 3 nitrogen and oxygen atoms in total. The number of para-hydroxylation sites is 1. The third-order valence-electron chi connectivity index (χ3n) is 3.51. The zero-order valence-corrected chi connectivity index (χ0v) is 12.0. The maximum absolute atomic E-state index is 11.9. The van der Waals surface area contributed by atoms with Crippen molar-refractivity contribution in [3.8, 4) is 0 Å². The van der Waals surface area contributed by atoms with Crippen LogP contribution in [-0.4, -0.2) is 9.38 Å². The number of rotatable bonds is 2. The highest BCUT2D eigenvalue weighted by molar-refractivity contribution is 7.23. The van der Waals surface area contributed by atoms with Crippen molar-refractivity contribution in [1.82, 2.24) is 9.38 Å². The highest BCUT2D eigenvalue weighted by atomic mass is 32.1. The van der Waals surface area contributed by atoms with Crippen LogP contribution < -0.4 is 5.56 Å². The van der Waals surface area contributed by atoms with Crippen LogP contribution in [0.5, 0.6) is 0 Å². The summed E-state index contributed by atoms with van der Waals surface area (Å²) < 4.78 is 3.24. The van der Waals surface area contributed by atoms with Crippen molar-refractivity contribution in [2.75, 3.05) is 0 Å². The van der Waals surface area contributed by atoms with Crippen LogP contribution in [0.2, 0.25) is 0 Å². The Morgan fingerprint density at radius 2 is 1.76 bits per heavy atom. The predicted octanol–water partition coefficient (Wildman–Crippen LogP) is 3.50. The Kier molecular flexibility index (Phi) is 2.82. The van der Waals surface area contributed by atoms with Gasteiger partial charge in [-0.1, -0.05) is 53.8 Å². The number of hydrogen-bond acceptors (Lipinski definition) is 3. The number of benzene rings is 2. The fourth-order valence-corrected chi connectivity index (χ4v) is 3.64. The van der Waals surface area contributed by atoms with Crippen molar-refractivity contribution >= 4 is 26.5 Å². The zero-order chi connectivity index (χ0) is 14.2. The SMILES string of the molecule is O=c1cc(Cc2ccccc2)n2c(n1)sc1ccccc12. The van der Waals surface area contributed by atoms with E-state index in [0.29, 0.717) is 0 Å². The van der Waals surface area contributed by atoms with Gasteiger partial charge in [-0.2, -0.15) is 4.98 Å². The lowest BCUT2D eigenvalue weighted by Gasteiger charge is -2.06. The van der Waals surface area contributed by atoms with E-state index in [1.54, 1.807) is 17.4 Å². The summed E-state index contributed by atoms with van der Waals surface area (Å²) in [6, 6.07) is 20.0. The van der Waals surface area contributed by atoms with E-state index >= 15 is 0 Å². The van der Waals surface area contributed by atoms with Crippen molar-refractivity contribution in [3.05, 3.63) is 82.3 Å². The molecule has 2 aromatic carbocycles. The minimum atomic E-state index is -0.174. The van der Waals surface area contributed by atoms with Crippen molar-refractivity contribution in [3.63, 3.8) is 0 Å². The maximum Gasteiger partial charge on any atom is 0.274 e. The van der Waals surface area contributed by atoms with Gasteiger partial charge in [-0.15, -0.1) is 0 Å². The van der Waals surface area contributed by atoms with Gasteiger partial charge in [0.25, 0.3) is 5.56 Å². The Morgan fingerprint density at radius 3 is 2.62 bits per heavy atom. The zero-order valence-electron chi connectivity index (χ0n) is 11.2. The van der Waals surface area contributed by atoms with Crippen molar-refractivity contribution in [2.24, 2.45) is 0 Å². The Labute approximate surface area is 125 Å². The van der Waals surface area contributed by atoms with E-state index in [9.17, 15) is 4.79 Å². The molecule has 0 aliphatic rings. The van der Waals surface area contributed by atoms with Crippen LogP contribution in [0.15, 0.2) is 65.5 Å². The Bertz CT molecular complexity index is 986. The van der Waals surface area contributed by atoms with E-state index in [2.05, 4.69) is 33.7 Å². The molecule has 0 unspecified atom stereocenters. The minimum Gasteiger partial charge on any atom is -0.288 e. The van der Waals surface area contributed by atoms with Crippen LogP contribution >= 0.6 is 11.3 Å². The Hall–Kier alpha value is -2.46. The number of nitrogens with zero attached hydrogens (tertiary/aromatic N) is 2. The van der Waals surface area contributed by atoms with Crippen LogP contribution in [-0.2, 0) is 6.42 Å². The molecular formula is C17H12N2OS. The van der Waals surface area contributed by atoms with Crippen molar-refractivity contribution in [1.29, 1.82) is 0 Å². The lowest BCUT2D eigenvalue weighted by molar-refractivity contribution is 0.999. The van der Waals surface area contributed by atoms with Gasteiger partial charge in [-0.25, -0.2) is 0 Å². The molecule has 4 rings (SSSR count). The molecule has 21 heavy (non-hydrogen) atoms. The molecule has 2 heterocycles. The van der Waals surface area contributed by atoms with Crippen LogP contribution in [0.4, 0.5) is 0 Å². The summed E-state index contributed by atoms with van der Waals surface area (Å²) >= 11 is 1.55. The number of hydrogen-bond donors (Lipinski definition) is 0. The van der Waals surface area contributed by atoms with Crippen LogP contribution in [0.3, 0.4) is 0 Å². The third kappa shape index (κ3) is 2.14. The van der Waals surface area contributed by atoms with Gasteiger partial charge in [-0.05, 0) is 17.7 Å². The molecular weight excluding hydrogens is 280 g/mol. The molecule has 0 saturated heterocycles. The average molecular weight is 292 g/mol. The largest absolute Gasteiger partial charge is 0.288 e. The molecule has 0 saturated carbocycles. The smallest absolute Gasteiger partial charge is 0.274 e. The van der Waals surface area contributed by atoms with Crippen LogP contribution in [0.1, 0.15) is 11.3 Å². The fraction of sp³-hybridized carbons (Fsp3) is 0.0588. The minimum absolute atomic E-state index is 0.174. The van der Waals surface area contributed by atoms with E-state index in [1.807, 2.05) is 30.3 Å². The first-order valence-electron chi connectivity index (χ1n) is 6.75. The molecule has 0 atom stereocenters. The normalized spacial score (nSPS) is 11.2. The van der Waals surface area contributed by atoms with Gasteiger partial charge in [0.15, 0.2) is 4.96 Å². The van der Waals surface area contributed by atoms with Gasteiger partial charge in [0.05, 0.1) is 10.2 Å². The molecule has 0 N–H and O–H groups in total. The lowest BCUT2D eigenvalue weighted by atomic mass is 10.1. The standard InChI is InChI=1S/C17H12N2OS/c20-16-11-13(10-12-6-2-1-3-7-12)19-14-8-4-5-9-15(14)21-17(19)18-16/h1-9,11H,10H2. The second kappa shape index (κ2) is 4.82. The second-order valence-corrected chi connectivity index (χ2v) is 5.94. The molecule has 0 bridgehead atoms. The van der Waals surface area contributed by atoms with Gasteiger partial charge in [0, 0.05) is 18.2 Å². The van der Waals surface area contributed by atoms with Crippen LogP contribution in [0.25, 0.3) is 15.2 Å². The summed E-state index contributed by atoms with van der Waals surface area (Å²) in [5.74, 6) is 0. The molecule has 0 aliphatic carbocycles. The maximum atomic E-state index is 11.9. The molecule has 0 aliphatic heterocycles. The van der Waals surface area contributed by atoms with Gasteiger partial charge >= 0.3 is 0 Å². The first-order valence-corrected chi connectivity index (χ1v) is 7.57. The Balaban J connectivity index is 2.00. The molecule has 0 radical (unpaired) electrons. The summed E-state index contributed by atoms with van der Waals surface area (Å²) in [6.07, 6.45) is 0.723.